The fraction of sp³-hybridized carbons (Fsp3) is 0.462. The summed E-state index contributed by atoms with van der Waals surface area (Å²) in [5.74, 6) is 0.260. The van der Waals surface area contributed by atoms with Crippen molar-refractivity contribution in [2.75, 3.05) is 0 Å². The van der Waals surface area contributed by atoms with E-state index in [0.717, 1.165) is 17.5 Å². The first-order valence-corrected chi connectivity index (χ1v) is 6.33. The molecule has 0 aromatic heterocycles. The summed E-state index contributed by atoms with van der Waals surface area (Å²) in [5, 5.41) is 0.659. The zero-order chi connectivity index (χ0) is 11.0. The van der Waals surface area contributed by atoms with Gasteiger partial charge in [-0.1, -0.05) is 19.9 Å². The molecule has 0 saturated carbocycles. The lowest BCUT2D eigenvalue weighted by atomic mass is 9.99. The van der Waals surface area contributed by atoms with Gasteiger partial charge in [-0.2, -0.15) is 0 Å². The smallest absolute Gasteiger partial charge is 0.162 e. The molecule has 1 heterocycles. The van der Waals surface area contributed by atoms with Crippen molar-refractivity contribution < 1.29 is 4.79 Å². The van der Waals surface area contributed by atoms with Gasteiger partial charge in [0.1, 0.15) is 0 Å². The summed E-state index contributed by atoms with van der Waals surface area (Å²) in [4.78, 5) is 13.0. The van der Waals surface area contributed by atoms with Crippen molar-refractivity contribution in [2.45, 2.75) is 43.8 Å². The summed E-state index contributed by atoms with van der Waals surface area (Å²) in [6.45, 7) is 6.20. The average molecular weight is 220 g/mol. The first-order chi connectivity index (χ1) is 7.11. The predicted molar refractivity (Wildman–Crippen MR) is 64.8 cm³/mol. The molecule has 0 N–H and O–H groups in total. The van der Waals surface area contributed by atoms with Gasteiger partial charge in [0, 0.05) is 22.1 Å². The second-order valence-electron chi connectivity index (χ2n) is 4.18. The minimum atomic E-state index is 0.260. The standard InChI is InChI=1S/C13H16OS/c1-4-12(14)11-7-13-10(5-8(11)2)6-9(3)15-13/h5,7,9H,4,6H2,1-3H3. The zero-order valence-electron chi connectivity index (χ0n) is 9.46. The molecule has 1 unspecified atom stereocenters. The van der Waals surface area contributed by atoms with Crippen LogP contribution in [0, 0.1) is 6.92 Å². The molecular formula is C13H16OS. The third-order valence-electron chi connectivity index (χ3n) is 2.86. The molecule has 80 valence electrons. The summed E-state index contributed by atoms with van der Waals surface area (Å²) in [6, 6.07) is 4.28. The van der Waals surface area contributed by atoms with E-state index in [1.54, 1.807) is 0 Å². The Morgan fingerprint density at radius 3 is 2.93 bits per heavy atom. The van der Waals surface area contributed by atoms with E-state index in [1.165, 1.54) is 10.5 Å². The van der Waals surface area contributed by atoms with Crippen LogP contribution in [-0.2, 0) is 6.42 Å². The maximum absolute atomic E-state index is 11.7. The first-order valence-electron chi connectivity index (χ1n) is 5.45. The molecule has 1 aromatic carbocycles. The Morgan fingerprint density at radius 1 is 1.53 bits per heavy atom. The molecule has 0 spiro atoms. The summed E-state index contributed by atoms with van der Waals surface area (Å²) in [7, 11) is 0. The Bertz CT molecular complexity index is 409. The van der Waals surface area contributed by atoms with Crippen LogP contribution in [0.3, 0.4) is 0 Å². The van der Waals surface area contributed by atoms with Gasteiger partial charge in [-0.05, 0) is 30.5 Å². The molecule has 0 saturated heterocycles. The van der Waals surface area contributed by atoms with Gasteiger partial charge in [0.2, 0.25) is 0 Å². The normalized spacial score (nSPS) is 19.0. The Hall–Kier alpha value is -0.760. The lowest BCUT2D eigenvalue weighted by Crippen LogP contribution is -2.00. The zero-order valence-corrected chi connectivity index (χ0v) is 10.3. The average Bonchev–Trinajstić information content (AvgIpc) is 2.55. The Balaban J connectivity index is 2.44. The van der Waals surface area contributed by atoms with Crippen LogP contribution in [0.4, 0.5) is 0 Å². The Kier molecular flexibility index (Phi) is 2.87. The molecule has 0 radical (unpaired) electrons. The number of rotatable bonds is 2. The molecule has 2 heteroatoms. The Morgan fingerprint density at radius 2 is 2.27 bits per heavy atom. The summed E-state index contributed by atoms with van der Waals surface area (Å²) in [5.41, 5.74) is 3.46. The number of benzene rings is 1. The maximum Gasteiger partial charge on any atom is 0.162 e. The van der Waals surface area contributed by atoms with Crippen LogP contribution in [0.15, 0.2) is 17.0 Å². The number of aryl methyl sites for hydroxylation is 1. The van der Waals surface area contributed by atoms with E-state index in [-0.39, 0.29) is 5.78 Å². The van der Waals surface area contributed by atoms with Crippen molar-refractivity contribution in [3.8, 4) is 0 Å². The summed E-state index contributed by atoms with van der Waals surface area (Å²) < 4.78 is 0. The number of hydrogen-bond acceptors (Lipinski definition) is 2. The van der Waals surface area contributed by atoms with Crippen LogP contribution in [0.1, 0.15) is 41.8 Å². The third kappa shape index (κ3) is 1.96. The van der Waals surface area contributed by atoms with E-state index >= 15 is 0 Å². The van der Waals surface area contributed by atoms with Crippen LogP contribution in [0.5, 0.6) is 0 Å². The molecule has 2 rings (SSSR count). The molecule has 1 aromatic rings. The van der Waals surface area contributed by atoms with Gasteiger partial charge >= 0.3 is 0 Å². The molecule has 0 amide bonds. The minimum absolute atomic E-state index is 0.260. The molecule has 1 aliphatic rings. The number of hydrogen-bond donors (Lipinski definition) is 0. The monoisotopic (exact) mass is 220 g/mol. The van der Waals surface area contributed by atoms with Gasteiger partial charge in [-0.3, -0.25) is 4.79 Å². The van der Waals surface area contributed by atoms with Crippen LogP contribution in [-0.4, -0.2) is 11.0 Å². The topological polar surface area (TPSA) is 17.1 Å². The molecule has 0 fully saturated rings. The van der Waals surface area contributed by atoms with E-state index < -0.39 is 0 Å². The van der Waals surface area contributed by atoms with Gasteiger partial charge in [-0.25, -0.2) is 0 Å². The molecule has 1 nitrogen and oxygen atoms in total. The first kappa shape index (κ1) is 10.7. The van der Waals surface area contributed by atoms with E-state index in [9.17, 15) is 4.79 Å². The molecule has 1 atom stereocenters. The highest BCUT2D eigenvalue weighted by atomic mass is 32.2. The fourth-order valence-corrected chi connectivity index (χ4v) is 3.25. The van der Waals surface area contributed by atoms with E-state index in [0.29, 0.717) is 11.7 Å². The molecular weight excluding hydrogens is 204 g/mol. The second kappa shape index (κ2) is 4.01. The van der Waals surface area contributed by atoms with Crippen molar-refractivity contribution in [3.05, 3.63) is 28.8 Å². The van der Waals surface area contributed by atoms with Crippen LogP contribution < -0.4 is 0 Å². The molecule has 15 heavy (non-hydrogen) atoms. The second-order valence-corrected chi connectivity index (χ2v) is 5.66. The highest BCUT2D eigenvalue weighted by molar-refractivity contribution is 8.00. The number of carbonyl (C=O) groups excluding carboxylic acids is 1. The number of ketones is 1. The van der Waals surface area contributed by atoms with Crippen molar-refractivity contribution in [1.29, 1.82) is 0 Å². The number of carbonyl (C=O) groups is 1. The van der Waals surface area contributed by atoms with Crippen LogP contribution >= 0.6 is 11.8 Å². The van der Waals surface area contributed by atoms with Gasteiger partial charge in [-0.15, -0.1) is 11.8 Å². The molecule has 0 aliphatic carbocycles. The van der Waals surface area contributed by atoms with Gasteiger partial charge in [0.05, 0.1) is 0 Å². The Labute approximate surface area is 95.3 Å². The number of Topliss-reactive ketones (excluding diaryl/α,β-unsaturated/α-hetero) is 1. The van der Waals surface area contributed by atoms with E-state index in [1.807, 2.05) is 25.6 Å². The maximum atomic E-state index is 11.7. The predicted octanol–water partition coefficient (Wildman–Crippen LogP) is 3.62. The third-order valence-corrected chi connectivity index (χ3v) is 4.07. The summed E-state index contributed by atoms with van der Waals surface area (Å²) in [6.07, 6.45) is 1.74. The summed E-state index contributed by atoms with van der Waals surface area (Å²) >= 11 is 1.89. The number of thioether (sulfide) groups is 1. The van der Waals surface area contributed by atoms with E-state index in [2.05, 4.69) is 19.1 Å². The highest BCUT2D eigenvalue weighted by Gasteiger charge is 2.21. The van der Waals surface area contributed by atoms with Crippen molar-refractivity contribution in [1.82, 2.24) is 0 Å². The molecule has 1 aliphatic heterocycles. The lowest BCUT2D eigenvalue weighted by Gasteiger charge is -2.06. The van der Waals surface area contributed by atoms with Crippen molar-refractivity contribution in [3.63, 3.8) is 0 Å². The van der Waals surface area contributed by atoms with Crippen molar-refractivity contribution >= 4 is 17.5 Å². The van der Waals surface area contributed by atoms with Gasteiger partial charge < -0.3 is 0 Å². The van der Waals surface area contributed by atoms with Crippen molar-refractivity contribution in [2.24, 2.45) is 0 Å². The van der Waals surface area contributed by atoms with Gasteiger partial charge in [0.15, 0.2) is 5.78 Å². The quantitative estimate of drug-likeness (QED) is 0.708. The fourth-order valence-electron chi connectivity index (χ4n) is 2.08. The van der Waals surface area contributed by atoms with Crippen LogP contribution in [0.25, 0.3) is 0 Å². The molecule has 0 bridgehead atoms. The van der Waals surface area contributed by atoms with Crippen LogP contribution in [0.2, 0.25) is 0 Å². The highest BCUT2D eigenvalue weighted by Crippen LogP contribution is 2.38. The minimum Gasteiger partial charge on any atom is -0.294 e. The number of fused-ring (bicyclic) bond motifs is 1. The lowest BCUT2D eigenvalue weighted by molar-refractivity contribution is 0.0987. The SMILES string of the molecule is CCC(=O)c1cc2c(cc1C)CC(C)S2. The van der Waals surface area contributed by atoms with E-state index in [4.69, 9.17) is 0 Å². The van der Waals surface area contributed by atoms with Gasteiger partial charge in [0.25, 0.3) is 0 Å². The largest absolute Gasteiger partial charge is 0.294 e.